The minimum atomic E-state index is -5.96. The molecule has 7 aromatic rings. The summed E-state index contributed by atoms with van der Waals surface area (Å²) in [5, 5.41) is 0. The zero-order chi connectivity index (χ0) is 57.1. The number of benzene rings is 7. The van der Waals surface area contributed by atoms with Gasteiger partial charge in [-0.1, -0.05) is 35.9 Å². The Morgan fingerprint density at radius 3 is 0.373 bits per heavy atom. The van der Waals surface area contributed by atoms with Crippen molar-refractivity contribution in [3.8, 4) is 0 Å². The maximum absolute atomic E-state index is 14.4. The maximum Gasteiger partial charge on any atom is 0.413 e. The molecule has 0 radical (unpaired) electrons. The molecule has 0 spiro atoms. The Kier molecular flexibility index (Phi) is 17.7. The van der Waals surface area contributed by atoms with Gasteiger partial charge >= 0.3 is 28.3 Å². The molecule has 0 unspecified atom stereocenters. The number of hydrogen-bond acceptors (Lipinski definition) is 0. The second-order valence-corrected chi connectivity index (χ2v) is 19.6. The topological polar surface area (TPSA) is 0 Å². The molecule has 7 aromatic carbocycles. The van der Waals surface area contributed by atoms with Crippen molar-refractivity contribution in [3.05, 3.63) is 210 Å². The number of halogens is 30. The average Bonchev–Trinajstić information content (AvgIpc) is 3.38. The SMILES string of the molecule is Cc1ccccc1.Fc1c(F)c(F)[c]([Al]([c]2c(F)c(F)c(F)c(F)c2F)[c]2c(F)c(F)c(F)c(F)c2F)c(F)c1F.Fc1c(F)c(F)[c]([Al]([c]2c(F)c(F)c(F)c(F)c2F)[c]2c(F)c(F)c(F)c(F)c2F)c(F)c1F. The third kappa shape index (κ3) is 10.1. The lowest BCUT2D eigenvalue weighted by molar-refractivity contribution is 0.380. The number of aryl methyl sites for hydroxylation is 1. The van der Waals surface area contributed by atoms with Crippen molar-refractivity contribution in [2.45, 2.75) is 6.92 Å². The molecule has 0 aliphatic carbocycles. The standard InChI is InChI=1S/C7H8.6C6F5.2Al/c1-7-5-3-2-4-6-7;6*7-2-1-3(8)5(10)6(11)4(2)9;;/h2-6H,1H3;;;;;;;;. The third-order valence-electron chi connectivity index (χ3n) is 10.1. The Hall–Kier alpha value is -6.50. The molecule has 0 aliphatic heterocycles. The van der Waals surface area contributed by atoms with Crippen molar-refractivity contribution in [3.63, 3.8) is 0 Å². The van der Waals surface area contributed by atoms with Crippen LogP contribution in [0.4, 0.5) is 132 Å². The van der Waals surface area contributed by atoms with Gasteiger partial charge in [0.15, 0.2) is 175 Å². The van der Waals surface area contributed by atoms with E-state index in [9.17, 15) is 132 Å². The molecule has 0 heterocycles. The monoisotopic (exact) mass is 1150 g/mol. The van der Waals surface area contributed by atoms with Crippen LogP contribution >= 0.6 is 0 Å². The van der Waals surface area contributed by atoms with Crippen molar-refractivity contribution in [2.75, 3.05) is 0 Å². The molecule has 0 aliphatic rings. The second-order valence-electron chi connectivity index (χ2n) is 14.4. The van der Waals surface area contributed by atoms with Gasteiger partial charge in [0.25, 0.3) is 0 Å². The highest BCUT2D eigenvalue weighted by Gasteiger charge is 2.49. The molecule has 0 N–H and O–H groups in total. The van der Waals surface area contributed by atoms with Crippen LogP contribution in [0.3, 0.4) is 0 Å². The minimum Gasteiger partial charge on any atom is -0.205 e. The van der Waals surface area contributed by atoms with Crippen LogP contribution in [0, 0.1) is 181 Å². The van der Waals surface area contributed by atoms with Gasteiger partial charge in [-0.15, -0.1) is 0 Å². The van der Waals surface area contributed by atoms with Gasteiger partial charge in [0.2, 0.25) is 0 Å². The summed E-state index contributed by atoms with van der Waals surface area (Å²) in [5.41, 5.74) is 1.32. The van der Waals surface area contributed by atoms with Crippen LogP contribution in [0.25, 0.3) is 0 Å². The molecule has 0 atom stereocenters. The molecule has 396 valence electrons. The van der Waals surface area contributed by atoms with Gasteiger partial charge in [-0.2, -0.15) is 0 Å². The van der Waals surface area contributed by atoms with Gasteiger partial charge in [0.1, 0.15) is 0 Å². The normalized spacial score (nSPS) is 11.1. The van der Waals surface area contributed by atoms with Gasteiger partial charge in [-0.25, -0.2) is 132 Å². The largest absolute Gasteiger partial charge is 0.413 e. The Morgan fingerprint density at radius 2 is 0.280 bits per heavy atom. The van der Waals surface area contributed by atoms with E-state index in [2.05, 4.69) is 19.1 Å². The van der Waals surface area contributed by atoms with Crippen molar-refractivity contribution < 1.29 is 132 Å². The van der Waals surface area contributed by atoms with Crippen molar-refractivity contribution in [2.24, 2.45) is 0 Å². The highest BCUT2D eigenvalue weighted by molar-refractivity contribution is 6.96. The van der Waals surface area contributed by atoms with Gasteiger partial charge in [-0.3, -0.25) is 0 Å². The van der Waals surface area contributed by atoms with Crippen LogP contribution in [0.1, 0.15) is 5.56 Å². The molecular weight excluding hydrogens is 1140 g/mol. The first-order valence-electron chi connectivity index (χ1n) is 18.8. The van der Waals surface area contributed by atoms with E-state index in [1.54, 1.807) is 0 Å². The number of hydrogen-bond donors (Lipinski definition) is 0. The van der Waals surface area contributed by atoms with E-state index in [1.165, 1.54) is 5.56 Å². The van der Waals surface area contributed by atoms with E-state index in [4.69, 9.17) is 0 Å². The summed E-state index contributed by atoms with van der Waals surface area (Å²) in [6.45, 7) is 2.08. The van der Waals surface area contributed by atoms with Crippen LogP contribution in [0.5, 0.6) is 0 Å². The zero-order valence-electron chi connectivity index (χ0n) is 34.9. The molecule has 0 saturated carbocycles. The van der Waals surface area contributed by atoms with Gasteiger partial charge in [-0.05, 0) is 33.5 Å². The fraction of sp³-hybridized carbons (Fsp3) is 0.0233. The molecule has 7 rings (SSSR count). The summed E-state index contributed by atoms with van der Waals surface area (Å²) in [4.78, 5) is 0. The third-order valence-corrected chi connectivity index (χ3v) is 16.6. The molecule has 75 heavy (non-hydrogen) atoms. The lowest BCUT2D eigenvalue weighted by atomic mass is 10.2. The molecule has 0 nitrogen and oxygen atoms in total. The van der Waals surface area contributed by atoms with Gasteiger partial charge in [0, 0.05) is 0 Å². The van der Waals surface area contributed by atoms with Crippen molar-refractivity contribution in [1.82, 2.24) is 0 Å². The molecule has 0 bridgehead atoms. The van der Waals surface area contributed by atoms with E-state index >= 15 is 0 Å². The quantitative estimate of drug-likeness (QED) is 0.0674. The summed E-state index contributed by atoms with van der Waals surface area (Å²) < 4.78 is 403. The summed E-state index contributed by atoms with van der Waals surface area (Å²) >= 11 is -11.9. The fourth-order valence-electron chi connectivity index (χ4n) is 6.65. The molecular formula is C43H8Al2F30. The smallest absolute Gasteiger partial charge is 0.205 e. The first-order valence-corrected chi connectivity index (χ1v) is 22.3. The highest BCUT2D eigenvalue weighted by atomic mass is 27.2. The molecule has 0 saturated heterocycles. The van der Waals surface area contributed by atoms with Crippen molar-refractivity contribution >= 4 is 54.8 Å². The lowest BCUT2D eigenvalue weighted by Gasteiger charge is -2.20. The first-order chi connectivity index (χ1) is 34.7. The fourth-order valence-corrected chi connectivity index (χ4v) is 12.9. The summed E-state index contributed by atoms with van der Waals surface area (Å²) in [7, 11) is 0. The summed E-state index contributed by atoms with van der Waals surface area (Å²) in [6, 6.07) is 10.3. The van der Waals surface area contributed by atoms with E-state index in [-0.39, 0.29) is 0 Å². The molecule has 32 heteroatoms. The van der Waals surface area contributed by atoms with Crippen LogP contribution in [0.2, 0.25) is 0 Å². The van der Waals surface area contributed by atoms with E-state index < -0.39 is 229 Å². The maximum atomic E-state index is 14.4. The second kappa shape index (κ2) is 22.4. The lowest BCUT2D eigenvalue weighted by Crippen LogP contribution is -2.60. The number of rotatable bonds is 6. The molecule has 0 aromatic heterocycles. The van der Waals surface area contributed by atoms with E-state index in [0.29, 0.717) is 0 Å². The zero-order valence-corrected chi connectivity index (χ0v) is 37.2. The summed E-state index contributed by atoms with van der Waals surface area (Å²) in [5.74, 6) is -89.2. The Balaban J connectivity index is 0.000000245. The van der Waals surface area contributed by atoms with Crippen LogP contribution in [0.15, 0.2) is 30.3 Å². The van der Waals surface area contributed by atoms with E-state index in [0.717, 1.165) is 0 Å². The summed E-state index contributed by atoms with van der Waals surface area (Å²) in [6.07, 6.45) is 0. The Morgan fingerprint density at radius 1 is 0.173 bits per heavy atom. The Labute approximate surface area is 403 Å². The predicted molar refractivity (Wildman–Crippen MR) is 198 cm³/mol. The van der Waals surface area contributed by atoms with Crippen LogP contribution < -0.4 is 26.6 Å². The van der Waals surface area contributed by atoms with Crippen LogP contribution in [-0.4, -0.2) is 28.3 Å². The van der Waals surface area contributed by atoms with Crippen LogP contribution in [-0.2, 0) is 0 Å². The van der Waals surface area contributed by atoms with Crippen molar-refractivity contribution in [1.29, 1.82) is 0 Å². The molecule has 0 amide bonds. The Bertz CT molecular complexity index is 2760. The predicted octanol–water partition coefficient (Wildman–Crippen LogP) is 10.6. The minimum absolute atomic E-state index is 1.32. The van der Waals surface area contributed by atoms with Gasteiger partial charge < -0.3 is 0 Å². The first kappa shape index (κ1) is 59.4. The van der Waals surface area contributed by atoms with Gasteiger partial charge in [0.05, 0.1) is 0 Å². The molecule has 0 fully saturated rings. The highest BCUT2D eigenvalue weighted by Crippen LogP contribution is 2.26. The van der Waals surface area contributed by atoms with E-state index in [1.807, 2.05) is 18.2 Å². The average molecular weight is 1150 g/mol.